The molecule has 3 rings (SSSR count). The normalized spacial score (nSPS) is 11.6. The lowest BCUT2D eigenvalue weighted by atomic mass is 10.0. The molecule has 0 fully saturated rings. The van der Waals surface area contributed by atoms with E-state index in [0.717, 1.165) is 52.7 Å². The average molecular weight is 358 g/mol. The predicted octanol–water partition coefficient (Wildman–Crippen LogP) is 5.91. The molecule has 0 bridgehead atoms. The number of hydrogen-bond acceptors (Lipinski definition) is 2. The van der Waals surface area contributed by atoms with E-state index in [2.05, 4.69) is 52.7 Å². The van der Waals surface area contributed by atoms with Crippen LogP contribution in [0.5, 0.6) is 0 Å². The molecule has 0 aliphatic heterocycles. The van der Waals surface area contributed by atoms with Gasteiger partial charge in [-0.05, 0) is 55.2 Å². The molecule has 2 nitrogen and oxygen atoms in total. The van der Waals surface area contributed by atoms with E-state index in [1.54, 1.807) is 13.1 Å². The van der Waals surface area contributed by atoms with Crippen molar-refractivity contribution in [3.05, 3.63) is 72.6 Å². The average Bonchev–Trinajstić information content (AvgIpc) is 2.68. The molecule has 27 heavy (non-hydrogen) atoms. The Labute approximate surface area is 160 Å². The molecule has 2 aromatic carbocycles. The number of hydrogen-bond donors (Lipinski definition) is 0. The van der Waals surface area contributed by atoms with Crippen molar-refractivity contribution >= 4 is 11.0 Å². The quantitative estimate of drug-likeness (QED) is 0.311. The maximum atomic E-state index is 12.7. The topological polar surface area (TPSA) is 25.8 Å². The number of aromatic nitrogens is 2. The summed E-state index contributed by atoms with van der Waals surface area (Å²) in [5.74, 6) is 6.26. The first kappa shape index (κ1) is 18.8. The molecule has 0 radical (unpaired) electrons. The summed E-state index contributed by atoms with van der Waals surface area (Å²) in [5, 5.41) is 0. The summed E-state index contributed by atoms with van der Waals surface area (Å²) in [6, 6.07) is 14.3. The smallest absolute Gasteiger partial charge is 0.0973 e. The Morgan fingerprint density at radius 2 is 1.89 bits per heavy atom. The highest BCUT2D eigenvalue weighted by molar-refractivity contribution is 5.81. The fourth-order valence-corrected chi connectivity index (χ4v) is 2.86. The van der Waals surface area contributed by atoms with Gasteiger partial charge in [0.25, 0.3) is 0 Å². The summed E-state index contributed by atoms with van der Waals surface area (Å²) in [6.45, 7) is 5.33. The SMILES string of the molecule is C=CCc1cnc2cc(-c3ccc(C#CCCCC(C)F)cc3)ccc2n1. The third-order valence-corrected chi connectivity index (χ3v) is 4.30. The van der Waals surface area contributed by atoms with E-state index in [1.165, 1.54) is 0 Å². The van der Waals surface area contributed by atoms with Crippen LogP contribution >= 0.6 is 0 Å². The Morgan fingerprint density at radius 1 is 1.11 bits per heavy atom. The molecule has 1 heterocycles. The van der Waals surface area contributed by atoms with Gasteiger partial charge in [-0.15, -0.1) is 6.58 Å². The van der Waals surface area contributed by atoms with Crippen LogP contribution in [0.3, 0.4) is 0 Å². The first-order valence-electron chi connectivity index (χ1n) is 9.25. The summed E-state index contributed by atoms with van der Waals surface area (Å²) in [6.07, 6.45) is 5.72. The van der Waals surface area contributed by atoms with E-state index in [1.807, 2.05) is 24.3 Å². The zero-order valence-corrected chi connectivity index (χ0v) is 15.6. The molecule has 0 aliphatic carbocycles. The van der Waals surface area contributed by atoms with Gasteiger partial charge in [0, 0.05) is 24.6 Å². The molecule has 0 N–H and O–H groups in total. The number of rotatable bonds is 6. The molecule has 0 spiro atoms. The van der Waals surface area contributed by atoms with Crippen LogP contribution in [0.25, 0.3) is 22.2 Å². The minimum absolute atomic E-state index is 0.577. The monoisotopic (exact) mass is 358 g/mol. The molecule has 0 amide bonds. The summed E-state index contributed by atoms with van der Waals surface area (Å²) < 4.78 is 12.7. The number of unbranched alkanes of at least 4 members (excludes halogenated alkanes) is 1. The van der Waals surface area contributed by atoms with Gasteiger partial charge in [-0.1, -0.05) is 36.1 Å². The van der Waals surface area contributed by atoms with Gasteiger partial charge < -0.3 is 0 Å². The van der Waals surface area contributed by atoms with Crippen molar-refractivity contribution in [3.8, 4) is 23.0 Å². The third-order valence-electron chi connectivity index (χ3n) is 4.30. The lowest BCUT2D eigenvalue weighted by Crippen LogP contribution is -1.91. The summed E-state index contributed by atoms with van der Waals surface area (Å²) in [4.78, 5) is 9.11. The summed E-state index contributed by atoms with van der Waals surface area (Å²) in [7, 11) is 0. The van der Waals surface area contributed by atoms with Gasteiger partial charge in [0.1, 0.15) is 0 Å². The molecule has 0 saturated heterocycles. The largest absolute Gasteiger partial charge is 0.253 e. The predicted molar refractivity (Wildman–Crippen MR) is 110 cm³/mol. The van der Waals surface area contributed by atoms with E-state index in [4.69, 9.17) is 0 Å². The summed E-state index contributed by atoms with van der Waals surface area (Å²) >= 11 is 0. The Hall–Kier alpha value is -2.99. The molecule has 0 saturated carbocycles. The maximum Gasteiger partial charge on any atom is 0.0973 e. The lowest BCUT2D eigenvalue weighted by Gasteiger charge is -2.05. The van der Waals surface area contributed by atoms with E-state index < -0.39 is 6.17 Å². The Morgan fingerprint density at radius 3 is 2.63 bits per heavy atom. The van der Waals surface area contributed by atoms with Gasteiger partial charge in [0.2, 0.25) is 0 Å². The van der Waals surface area contributed by atoms with Gasteiger partial charge >= 0.3 is 0 Å². The maximum absolute atomic E-state index is 12.7. The summed E-state index contributed by atoms with van der Waals surface area (Å²) in [5.41, 5.74) is 5.89. The van der Waals surface area contributed by atoms with Crippen LogP contribution in [0.2, 0.25) is 0 Å². The van der Waals surface area contributed by atoms with E-state index in [-0.39, 0.29) is 0 Å². The number of allylic oxidation sites excluding steroid dienone is 1. The molecule has 3 heteroatoms. The van der Waals surface area contributed by atoms with E-state index >= 15 is 0 Å². The number of benzene rings is 2. The van der Waals surface area contributed by atoms with Crippen LogP contribution in [-0.2, 0) is 6.42 Å². The Bertz CT molecular complexity index is 979. The van der Waals surface area contributed by atoms with Crippen LogP contribution in [-0.4, -0.2) is 16.1 Å². The van der Waals surface area contributed by atoms with Gasteiger partial charge in [0.05, 0.1) is 22.9 Å². The Balaban J connectivity index is 1.72. The molecule has 0 aliphatic rings. The number of halogens is 1. The highest BCUT2D eigenvalue weighted by atomic mass is 19.1. The zero-order chi connectivity index (χ0) is 19.1. The first-order chi connectivity index (χ1) is 13.2. The fourth-order valence-electron chi connectivity index (χ4n) is 2.86. The number of fused-ring (bicyclic) bond motifs is 1. The van der Waals surface area contributed by atoms with Crippen LogP contribution in [0.15, 0.2) is 61.3 Å². The van der Waals surface area contributed by atoms with E-state index in [0.29, 0.717) is 6.42 Å². The van der Waals surface area contributed by atoms with Crippen molar-refractivity contribution < 1.29 is 4.39 Å². The van der Waals surface area contributed by atoms with Crippen LogP contribution in [0, 0.1) is 11.8 Å². The number of nitrogens with zero attached hydrogens (tertiary/aromatic N) is 2. The highest BCUT2D eigenvalue weighted by Gasteiger charge is 2.03. The van der Waals surface area contributed by atoms with Gasteiger partial charge in [-0.3, -0.25) is 4.98 Å². The van der Waals surface area contributed by atoms with Crippen molar-refractivity contribution in [2.45, 2.75) is 38.8 Å². The Kier molecular flexibility index (Phi) is 6.33. The third kappa shape index (κ3) is 5.24. The van der Waals surface area contributed by atoms with Gasteiger partial charge in [0.15, 0.2) is 0 Å². The van der Waals surface area contributed by atoms with Crippen molar-refractivity contribution in [1.29, 1.82) is 0 Å². The van der Waals surface area contributed by atoms with Crippen LogP contribution in [0.4, 0.5) is 4.39 Å². The first-order valence-corrected chi connectivity index (χ1v) is 9.25. The van der Waals surface area contributed by atoms with E-state index in [9.17, 15) is 4.39 Å². The van der Waals surface area contributed by atoms with Crippen LogP contribution < -0.4 is 0 Å². The fraction of sp³-hybridized carbons (Fsp3) is 0.250. The second kappa shape index (κ2) is 9.09. The molecule has 3 aromatic rings. The van der Waals surface area contributed by atoms with Crippen molar-refractivity contribution in [3.63, 3.8) is 0 Å². The molecular formula is C24H23FN2. The zero-order valence-electron chi connectivity index (χ0n) is 15.6. The molecular weight excluding hydrogens is 335 g/mol. The lowest BCUT2D eigenvalue weighted by molar-refractivity contribution is 0.336. The number of alkyl halides is 1. The van der Waals surface area contributed by atoms with Gasteiger partial charge in [-0.2, -0.15) is 0 Å². The molecule has 1 aromatic heterocycles. The van der Waals surface area contributed by atoms with Gasteiger partial charge in [-0.25, -0.2) is 9.37 Å². The minimum Gasteiger partial charge on any atom is -0.253 e. The second-order valence-corrected chi connectivity index (χ2v) is 6.61. The molecule has 1 unspecified atom stereocenters. The van der Waals surface area contributed by atoms with Crippen molar-refractivity contribution in [2.24, 2.45) is 0 Å². The van der Waals surface area contributed by atoms with Crippen LogP contribution in [0.1, 0.15) is 37.4 Å². The molecule has 136 valence electrons. The minimum atomic E-state index is -0.744. The molecule has 1 atom stereocenters. The second-order valence-electron chi connectivity index (χ2n) is 6.61. The highest BCUT2D eigenvalue weighted by Crippen LogP contribution is 2.23. The van der Waals surface area contributed by atoms with Crippen molar-refractivity contribution in [1.82, 2.24) is 9.97 Å². The standard InChI is InChI=1S/C24H23FN2/c1-3-7-22-17-26-24-16-21(14-15-23(24)27-22)20-12-10-19(11-13-20)9-6-4-5-8-18(2)25/h3,10-18H,1,4-5,7-8H2,2H3. The van der Waals surface area contributed by atoms with Crippen molar-refractivity contribution in [2.75, 3.05) is 0 Å².